The molecule has 146 valence electrons. The van der Waals surface area contributed by atoms with Gasteiger partial charge in [-0.2, -0.15) is 0 Å². The van der Waals surface area contributed by atoms with Crippen molar-refractivity contribution < 1.29 is 9.84 Å². The summed E-state index contributed by atoms with van der Waals surface area (Å²) < 4.78 is 5.56. The second-order valence-electron chi connectivity index (χ2n) is 7.72. The molecule has 1 aromatic carbocycles. The van der Waals surface area contributed by atoms with E-state index < -0.39 is 0 Å². The highest BCUT2D eigenvalue weighted by Crippen LogP contribution is 2.31. The van der Waals surface area contributed by atoms with Crippen LogP contribution in [0.4, 0.5) is 0 Å². The number of guanidine groups is 1. The largest absolute Gasteiger partial charge is 0.396 e. The minimum atomic E-state index is -0.119. The van der Waals surface area contributed by atoms with Crippen molar-refractivity contribution in [3.63, 3.8) is 0 Å². The minimum Gasteiger partial charge on any atom is -0.396 e. The Kier molecular flexibility index (Phi) is 7.74. The van der Waals surface area contributed by atoms with Crippen LogP contribution in [0.5, 0.6) is 0 Å². The fourth-order valence-electron chi connectivity index (χ4n) is 3.20. The van der Waals surface area contributed by atoms with Crippen LogP contribution >= 0.6 is 11.6 Å². The number of halogens is 1. The van der Waals surface area contributed by atoms with E-state index in [1.54, 1.807) is 0 Å². The van der Waals surface area contributed by atoms with E-state index in [1.807, 2.05) is 18.2 Å². The Morgan fingerprint density at radius 2 is 2.19 bits per heavy atom. The van der Waals surface area contributed by atoms with Gasteiger partial charge < -0.3 is 20.5 Å². The van der Waals surface area contributed by atoms with Crippen LogP contribution in [-0.2, 0) is 10.2 Å². The molecule has 0 bridgehead atoms. The number of aliphatic hydroxyl groups excluding tert-OH is 1. The normalized spacial score (nSPS) is 21.0. The quantitative estimate of drug-likeness (QED) is 0.478. The second-order valence-corrected chi connectivity index (χ2v) is 8.16. The Labute approximate surface area is 162 Å². The van der Waals surface area contributed by atoms with Gasteiger partial charge in [0, 0.05) is 42.2 Å². The number of benzene rings is 1. The van der Waals surface area contributed by atoms with E-state index in [4.69, 9.17) is 21.3 Å². The van der Waals surface area contributed by atoms with Gasteiger partial charge in [0.2, 0.25) is 0 Å². The Bertz CT molecular complexity index is 598. The summed E-state index contributed by atoms with van der Waals surface area (Å²) in [6.07, 6.45) is 1.71. The van der Waals surface area contributed by atoms with Crippen molar-refractivity contribution >= 4 is 17.6 Å². The van der Waals surface area contributed by atoms with Crippen molar-refractivity contribution in [2.24, 2.45) is 10.4 Å². The van der Waals surface area contributed by atoms with Crippen LogP contribution in [0, 0.1) is 5.41 Å². The van der Waals surface area contributed by atoms with Crippen LogP contribution < -0.4 is 10.6 Å². The van der Waals surface area contributed by atoms with Gasteiger partial charge in [-0.25, -0.2) is 0 Å². The zero-order valence-electron chi connectivity index (χ0n) is 16.1. The van der Waals surface area contributed by atoms with Gasteiger partial charge in [-0.3, -0.25) is 4.99 Å². The first-order valence-electron chi connectivity index (χ1n) is 9.38. The number of aliphatic imine (C=N–C) groups is 1. The van der Waals surface area contributed by atoms with E-state index in [1.165, 1.54) is 5.56 Å². The third kappa shape index (κ3) is 5.86. The first-order valence-corrected chi connectivity index (χ1v) is 9.75. The molecular formula is C20H32ClN3O2. The summed E-state index contributed by atoms with van der Waals surface area (Å²) in [5, 5.41) is 16.9. The van der Waals surface area contributed by atoms with E-state index >= 15 is 0 Å². The summed E-state index contributed by atoms with van der Waals surface area (Å²) in [5.74, 6) is 0.798. The molecule has 1 aliphatic heterocycles. The van der Waals surface area contributed by atoms with Crippen molar-refractivity contribution in [1.82, 2.24) is 10.6 Å². The molecule has 1 atom stereocenters. The highest BCUT2D eigenvalue weighted by Gasteiger charge is 2.34. The van der Waals surface area contributed by atoms with E-state index in [0.29, 0.717) is 13.2 Å². The van der Waals surface area contributed by atoms with Gasteiger partial charge >= 0.3 is 0 Å². The molecule has 0 aliphatic carbocycles. The van der Waals surface area contributed by atoms with E-state index in [2.05, 4.69) is 37.5 Å². The van der Waals surface area contributed by atoms with Crippen LogP contribution in [0.15, 0.2) is 29.3 Å². The third-order valence-corrected chi connectivity index (χ3v) is 5.28. The summed E-state index contributed by atoms with van der Waals surface area (Å²) in [4.78, 5) is 4.79. The van der Waals surface area contributed by atoms with Crippen LogP contribution in [0.1, 0.15) is 39.2 Å². The first kappa shape index (κ1) is 21.0. The van der Waals surface area contributed by atoms with Crippen molar-refractivity contribution in [3.8, 4) is 0 Å². The number of hydrogen-bond acceptors (Lipinski definition) is 3. The van der Waals surface area contributed by atoms with Gasteiger partial charge in [0.25, 0.3) is 0 Å². The fourth-order valence-corrected chi connectivity index (χ4v) is 3.39. The SMILES string of the molecule is CCNC(=NCC(C)(C)c1cccc(Cl)c1)NCC1(CCO)CCOC1. The van der Waals surface area contributed by atoms with Gasteiger partial charge in [0.05, 0.1) is 13.2 Å². The van der Waals surface area contributed by atoms with Crippen molar-refractivity contribution in [3.05, 3.63) is 34.9 Å². The van der Waals surface area contributed by atoms with Gasteiger partial charge in [-0.1, -0.05) is 37.6 Å². The molecule has 6 heteroatoms. The molecular weight excluding hydrogens is 350 g/mol. The molecule has 0 aromatic heterocycles. The minimum absolute atomic E-state index is 0.00653. The smallest absolute Gasteiger partial charge is 0.191 e. The van der Waals surface area contributed by atoms with Gasteiger partial charge in [-0.15, -0.1) is 0 Å². The zero-order valence-corrected chi connectivity index (χ0v) is 16.9. The molecule has 3 N–H and O–H groups in total. The van der Waals surface area contributed by atoms with Crippen LogP contribution in [0.25, 0.3) is 0 Å². The molecule has 26 heavy (non-hydrogen) atoms. The lowest BCUT2D eigenvalue weighted by Gasteiger charge is -2.28. The summed E-state index contributed by atoms with van der Waals surface area (Å²) in [5.41, 5.74) is 1.05. The van der Waals surface area contributed by atoms with E-state index in [9.17, 15) is 5.11 Å². The van der Waals surface area contributed by atoms with Crippen molar-refractivity contribution in [1.29, 1.82) is 0 Å². The van der Waals surface area contributed by atoms with Gasteiger partial charge in [0.1, 0.15) is 0 Å². The first-order chi connectivity index (χ1) is 12.4. The Balaban J connectivity index is 2.03. The molecule has 1 aromatic rings. The van der Waals surface area contributed by atoms with E-state index in [-0.39, 0.29) is 17.4 Å². The standard InChI is InChI=1S/C20H32ClN3O2/c1-4-22-18(24-14-20(8-10-25)9-11-26-15-20)23-13-19(2,3)16-6-5-7-17(21)12-16/h5-7,12,25H,4,8-11,13-15H2,1-3H3,(H2,22,23,24). The Morgan fingerprint density at radius 1 is 1.38 bits per heavy atom. The fraction of sp³-hybridized carbons (Fsp3) is 0.650. The summed E-state index contributed by atoms with van der Waals surface area (Å²) in [6, 6.07) is 7.96. The average molecular weight is 382 g/mol. The molecule has 1 aliphatic rings. The van der Waals surface area contributed by atoms with E-state index in [0.717, 1.165) is 43.5 Å². The van der Waals surface area contributed by atoms with Crippen molar-refractivity contribution in [2.45, 2.75) is 39.0 Å². The molecule has 1 heterocycles. The van der Waals surface area contributed by atoms with Crippen LogP contribution in [0.3, 0.4) is 0 Å². The van der Waals surface area contributed by atoms with Crippen molar-refractivity contribution in [2.75, 3.05) is 39.5 Å². The maximum atomic E-state index is 9.38. The molecule has 1 fully saturated rings. The van der Waals surface area contributed by atoms with Gasteiger partial charge in [0.15, 0.2) is 5.96 Å². The highest BCUT2D eigenvalue weighted by molar-refractivity contribution is 6.30. The second kappa shape index (κ2) is 9.58. The number of aliphatic hydroxyl groups is 1. The molecule has 1 unspecified atom stereocenters. The third-order valence-electron chi connectivity index (χ3n) is 5.04. The molecule has 0 radical (unpaired) electrons. The lowest BCUT2D eigenvalue weighted by atomic mass is 9.84. The molecule has 2 rings (SSSR count). The monoisotopic (exact) mass is 381 g/mol. The highest BCUT2D eigenvalue weighted by atomic mass is 35.5. The molecule has 0 saturated carbocycles. The van der Waals surface area contributed by atoms with Crippen LogP contribution in [0.2, 0.25) is 5.02 Å². The Morgan fingerprint density at radius 3 is 2.81 bits per heavy atom. The zero-order chi connectivity index (χ0) is 19.0. The number of nitrogens with one attached hydrogen (secondary N) is 2. The summed E-state index contributed by atoms with van der Waals surface area (Å²) in [6.45, 7) is 10.2. The number of ether oxygens (including phenoxy) is 1. The average Bonchev–Trinajstić information content (AvgIpc) is 3.07. The predicted octanol–water partition coefficient (Wildman–Crippen LogP) is 2.96. The number of nitrogens with zero attached hydrogens (tertiary/aromatic N) is 1. The molecule has 5 nitrogen and oxygen atoms in total. The number of hydrogen-bond donors (Lipinski definition) is 3. The maximum Gasteiger partial charge on any atom is 0.191 e. The lowest BCUT2D eigenvalue weighted by molar-refractivity contribution is 0.127. The number of rotatable bonds is 8. The molecule has 0 amide bonds. The lowest BCUT2D eigenvalue weighted by Crippen LogP contribution is -2.45. The summed E-state index contributed by atoms with van der Waals surface area (Å²) in [7, 11) is 0. The van der Waals surface area contributed by atoms with Crippen LogP contribution in [-0.4, -0.2) is 50.5 Å². The summed E-state index contributed by atoms with van der Waals surface area (Å²) >= 11 is 6.14. The van der Waals surface area contributed by atoms with Gasteiger partial charge in [-0.05, 0) is 37.5 Å². The molecule has 0 spiro atoms. The predicted molar refractivity (Wildman–Crippen MR) is 108 cm³/mol. The molecule has 1 saturated heterocycles. The topological polar surface area (TPSA) is 65.9 Å². The maximum absolute atomic E-state index is 9.38. The Hall–Kier alpha value is -1.30.